The van der Waals surface area contributed by atoms with Crippen molar-refractivity contribution in [3.8, 4) is 23.0 Å². The number of sulfone groups is 1. The summed E-state index contributed by atoms with van der Waals surface area (Å²) >= 11 is 8.38. The van der Waals surface area contributed by atoms with Crippen molar-refractivity contribution in [3.63, 3.8) is 0 Å². The van der Waals surface area contributed by atoms with Gasteiger partial charge in [0.2, 0.25) is 15.9 Å². The fraction of sp³-hybridized carbons (Fsp3) is 0.415. The number of benzene rings is 2. The number of halogens is 11. The fourth-order valence-electron chi connectivity index (χ4n) is 8.31. The first-order valence-electron chi connectivity index (χ1n) is 19.8. The van der Waals surface area contributed by atoms with E-state index in [1.807, 2.05) is 0 Å². The Labute approximate surface area is 389 Å². The second-order valence-electron chi connectivity index (χ2n) is 16.8. The van der Waals surface area contributed by atoms with Gasteiger partial charge in [-0.25, -0.2) is 39.4 Å². The second-order valence-corrected chi connectivity index (χ2v) is 22.9. The van der Waals surface area contributed by atoms with E-state index in [0.29, 0.717) is 18.9 Å². The Morgan fingerprint density at radius 1 is 1.02 bits per heavy atom. The Morgan fingerprint density at radius 2 is 1.68 bits per heavy atom. The van der Waals surface area contributed by atoms with Crippen LogP contribution in [0.4, 0.5) is 45.3 Å². The third-order valence-electron chi connectivity index (χ3n) is 11.4. The van der Waals surface area contributed by atoms with Crippen molar-refractivity contribution < 1.29 is 61.1 Å². The van der Waals surface area contributed by atoms with Crippen molar-refractivity contribution in [1.82, 2.24) is 29.9 Å². The summed E-state index contributed by atoms with van der Waals surface area (Å²) < 4.78 is 185. The predicted molar refractivity (Wildman–Crippen MR) is 231 cm³/mol. The molecule has 3 aliphatic carbocycles. The Balaban J connectivity index is 1.34. The molecule has 2 fully saturated rings. The molecule has 3 heterocycles. The van der Waals surface area contributed by atoms with E-state index in [4.69, 9.17) is 16.6 Å². The number of carbonyl (C=O) groups excluding carboxylic acids is 1. The average molecular weight is 1100 g/mol. The number of anilines is 1. The van der Waals surface area contributed by atoms with Crippen LogP contribution in [-0.4, -0.2) is 70.0 Å². The quantitative estimate of drug-likeness (QED) is 0.0676. The summed E-state index contributed by atoms with van der Waals surface area (Å²) in [4.78, 5) is 18.9. The minimum atomic E-state index is -5.16. The van der Waals surface area contributed by atoms with Gasteiger partial charge in [0.25, 0.3) is 12.3 Å². The van der Waals surface area contributed by atoms with Gasteiger partial charge in [-0.2, -0.15) is 32.1 Å². The van der Waals surface area contributed by atoms with Gasteiger partial charge in [-0.1, -0.05) is 23.6 Å². The van der Waals surface area contributed by atoms with Gasteiger partial charge in [0.05, 0.1) is 39.2 Å². The summed E-state index contributed by atoms with van der Waals surface area (Å²) in [6.07, 6.45) is -7.39. The van der Waals surface area contributed by atoms with Crippen molar-refractivity contribution in [2.45, 2.75) is 93.1 Å². The maximum atomic E-state index is 15.5. The predicted octanol–water partition coefficient (Wildman–Crippen LogP) is 8.50. The lowest BCUT2D eigenvalue weighted by molar-refractivity contribution is -0.142. The van der Waals surface area contributed by atoms with Crippen molar-refractivity contribution in [1.29, 1.82) is 0 Å². The molecule has 2 aromatic carbocycles. The third kappa shape index (κ3) is 9.07. The Bertz CT molecular complexity index is 3130. The largest absolute Gasteiger partial charge is 0.435 e. The SMILES string of the molecule is CC(C)(C#Cc1nc([C@H](Cc2cc(F)cc(F)c2)NC(=O)Cn2nc(C(F)(F)F)c3c2C(F)(F)[C@@H]2C[C@H]32)c(-c2ccc(Cl)c3c(NS(C)(=O)=O)nn(CC(F)F)c23)cc1I)S(=O)(=O)C1CC1. The smallest absolute Gasteiger partial charge is 0.346 e. The molecule has 0 aliphatic heterocycles. The minimum Gasteiger partial charge on any atom is -0.346 e. The molecular formula is C41H34ClF9IN7O5S2. The number of amides is 1. The number of rotatable bonds is 13. The number of aromatic nitrogens is 5. The number of sulfonamides is 1. The van der Waals surface area contributed by atoms with Crippen LogP contribution in [0.5, 0.6) is 0 Å². The summed E-state index contributed by atoms with van der Waals surface area (Å²) in [5.74, 6) is -4.64. The van der Waals surface area contributed by atoms with Gasteiger partial charge >= 0.3 is 6.18 Å². The Hall–Kier alpha value is -4.61. The number of pyridine rings is 1. The number of hydrogen-bond acceptors (Lipinski definition) is 8. The number of alkyl halides is 7. The Kier molecular flexibility index (Phi) is 12.0. The van der Waals surface area contributed by atoms with Crippen LogP contribution >= 0.6 is 34.2 Å². The summed E-state index contributed by atoms with van der Waals surface area (Å²) in [5, 5.41) is 9.08. The van der Waals surface area contributed by atoms with E-state index in [-0.39, 0.29) is 58.7 Å². The number of fused-ring (bicyclic) bond motifs is 4. The molecule has 352 valence electrons. The molecule has 2 saturated carbocycles. The van der Waals surface area contributed by atoms with E-state index in [0.717, 1.165) is 23.1 Å². The molecule has 0 unspecified atom stereocenters. The first kappa shape index (κ1) is 47.9. The molecule has 66 heavy (non-hydrogen) atoms. The van der Waals surface area contributed by atoms with Crippen molar-refractivity contribution in [2.24, 2.45) is 5.92 Å². The molecule has 3 aromatic heterocycles. The van der Waals surface area contributed by atoms with Crippen LogP contribution in [0.25, 0.3) is 22.0 Å². The zero-order chi connectivity index (χ0) is 48.2. The van der Waals surface area contributed by atoms with Gasteiger partial charge in [-0.3, -0.25) is 18.9 Å². The van der Waals surface area contributed by atoms with Crippen LogP contribution in [-0.2, 0) is 56.3 Å². The average Bonchev–Trinajstić information content (AvgIpc) is 4.10. The number of nitrogens with one attached hydrogen (secondary N) is 2. The molecule has 2 N–H and O–H groups in total. The molecule has 0 bridgehead atoms. The van der Waals surface area contributed by atoms with Gasteiger partial charge < -0.3 is 5.32 Å². The van der Waals surface area contributed by atoms with Crippen LogP contribution < -0.4 is 10.0 Å². The summed E-state index contributed by atoms with van der Waals surface area (Å²) in [7, 11) is -7.90. The lowest BCUT2D eigenvalue weighted by atomic mass is 9.93. The highest BCUT2D eigenvalue weighted by Crippen LogP contribution is 2.68. The van der Waals surface area contributed by atoms with E-state index in [1.54, 1.807) is 22.6 Å². The van der Waals surface area contributed by atoms with Crippen LogP contribution in [0.3, 0.4) is 0 Å². The molecule has 3 aliphatic rings. The molecular weight excluding hydrogens is 1070 g/mol. The Morgan fingerprint density at radius 3 is 2.29 bits per heavy atom. The normalized spacial score (nSPS) is 18.5. The highest BCUT2D eigenvalue weighted by Gasteiger charge is 2.68. The monoisotopic (exact) mass is 1100 g/mol. The van der Waals surface area contributed by atoms with Gasteiger partial charge in [-0.05, 0) is 104 Å². The number of nitrogens with zero attached hydrogens (tertiary/aromatic N) is 5. The lowest BCUT2D eigenvalue weighted by Gasteiger charge is -2.24. The lowest BCUT2D eigenvalue weighted by Crippen LogP contribution is -2.35. The molecule has 0 radical (unpaired) electrons. The van der Waals surface area contributed by atoms with Gasteiger partial charge in [0.1, 0.15) is 40.9 Å². The van der Waals surface area contributed by atoms with Crippen molar-refractivity contribution in [3.05, 3.63) is 90.5 Å². The zero-order valence-electron chi connectivity index (χ0n) is 34.3. The number of hydrogen-bond donors (Lipinski definition) is 2. The van der Waals surface area contributed by atoms with E-state index >= 15 is 8.78 Å². The molecule has 1 amide bonds. The molecule has 0 saturated heterocycles. The van der Waals surface area contributed by atoms with Crippen molar-refractivity contribution >= 4 is 76.7 Å². The molecule has 12 nitrogen and oxygen atoms in total. The summed E-state index contributed by atoms with van der Waals surface area (Å²) in [6.45, 7) is 0.439. The highest BCUT2D eigenvalue weighted by atomic mass is 127. The van der Waals surface area contributed by atoms with Crippen LogP contribution in [0, 0.1) is 33.0 Å². The van der Waals surface area contributed by atoms with Crippen molar-refractivity contribution in [2.75, 3.05) is 11.0 Å². The highest BCUT2D eigenvalue weighted by molar-refractivity contribution is 14.1. The standard InChI is InChI=1S/C41H34ClF9IN7O5S2/c1-39(2,66(63,64)21-4-5-21)9-8-28-27(52)15-23(22-6-7-26(42)33-35(22)58(16-30(45)46)56-38(33)57-65(3,61)62)34(54-28)29(12-18-10-19(43)13-20(44)11-18)53-31(60)17-59-37-32(36(55-59)41(49,50)51)24-14-25(24)40(37,47)48/h6-7,10-11,13,15,21,24-25,29-30H,4-5,12,14,16-17H2,1-3H3,(H,53,60)(H,56,57)/t24-,25+,29-/m0/s1. The van der Waals surface area contributed by atoms with Crippen LogP contribution in [0.1, 0.15) is 79.0 Å². The van der Waals surface area contributed by atoms with E-state index in [9.17, 15) is 52.4 Å². The fourth-order valence-corrected chi connectivity index (χ4v) is 11.4. The maximum Gasteiger partial charge on any atom is 0.435 e. The van der Waals surface area contributed by atoms with Gasteiger partial charge in [0.15, 0.2) is 21.3 Å². The molecule has 5 aromatic rings. The second kappa shape index (κ2) is 16.6. The first-order chi connectivity index (χ1) is 30.6. The molecule has 25 heteroatoms. The van der Waals surface area contributed by atoms with Gasteiger partial charge in [0, 0.05) is 32.2 Å². The molecule has 0 spiro atoms. The maximum absolute atomic E-state index is 15.5. The van der Waals surface area contributed by atoms with Gasteiger partial charge in [-0.15, -0.1) is 0 Å². The zero-order valence-corrected chi connectivity index (χ0v) is 38.9. The minimum absolute atomic E-state index is 0.0380. The topological polar surface area (TPSA) is 158 Å². The first-order valence-corrected chi connectivity index (χ1v) is 24.7. The van der Waals surface area contributed by atoms with E-state index < -0.39 is 126 Å². The van der Waals surface area contributed by atoms with Crippen LogP contribution in [0.2, 0.25) is 5.02 Å². The van der Waals surface area contributed by atoms with Crippen LogP contribution in [0.15, 0.2) is 36.4 Å². The molecule has 3 atom stereocenters. The van der Waals surface area contributed by atoms with E-state index in [1.165, 1.54) is 32.0 Å². The molecule has 8 rings (SSSR count). The summed E-state index contributed by atoms with van der Waals surface area (Å²) in [5.41, 5.74) is -4.18. The summed E-state index contributed by atoms with van der Waals surface area (Å²) in [6, 6.07) is 4.71. The van der Waals surface area contributed by atoms with E-state index in [2.05, 4.69) is 32.1 Å². The number of carbonyl (C=O) groups is 1. The third-order valence-corrected chi connectivity index (χ3v) is 16.0.